The summed E-state index contributed by atoms with van der Waals surface area (Å²) >= 11 is 0. The molecule has 1 aliphatic rings. The van der Waals surface area contributed by atoms with Crippen LogP contribution in [0.2, 0.25) is 0 Å². The van der Waals surface area contributed by atoms with Crippen LogP contribution in [0.15, 0.2) is 12.2 Å². The lowest BCUT2D eigenvalue weighted by atomic mass is 9.57. The summed E-state index contributed by atoms with van der Waals surface area (Å²) in [6.07, 6.45) is 8.13. The minimum Gasteiger partial charge on any atom is -0.103 e. The lowest BCUT2D eigenvalue weighted by Gasteiger charge is -2.46. The number of hydrogen-bond donors (Lipinski definition) is 0. The molecular weight excluding hydrogens is 168 g/mol. The van der Waals surface area contributed by atoms with Crippen LogP contribution in [0.5, 0.6) is 0 Å². The van der Waals surface area contributed by atoms with E-state index in [1.807, 2.05) is 0 Å². The molecule has 1 rings (SSSR count). The Labute approximate surface area is 88.8 Å². The van der Waals surface area contributed by atoms with Gasteiger partial charge in [-0.15, -0.1) is 5.92 Å². The summed E-state index contributed by atoms with van der Waals surface area (Å²) < 4.78 is 0. The Morgan fingerprint density at radius 1 is 1.50 bits per heavy atom. The molecule has 0 spiro atoms. The van der Waals surface area contributed by atoms with Crippen molar-refractivity contribution in [2.75, 3.05) is 0 Å². The van der Waals surface area contributed by atoms with E-state index in [-0.39, 0.29) is 0 Å². The predicted molar refractivity (Wildman–Crippen MR) is 62.9 cm³/mol. The first-order valence-corrected chi connectivity index (χ1v) is 5.73. The maximum absolute atomic E-state index is 3.36. The zero-order valence-corrected chi connectivity index (χ0v) is 9.93. The molecule has 0 radical (unpaired) electrons. The maximum Gasteiger partial charge on any atom is 0.0228 e. The van der Waals surface area contributed by atoms with Crippen LogP contribution in [0.3, 0.4) is 0 Å². The summed E-state index contributed by atoms with van der Waals surface area (Å²) in [5, 5.41) is 0. The van der Waals surface area contributed by atoms with Crippen LogP contribution in [0, 0.1) is 29.1 Å². The van der Waals surface area contributed by atoms with Gasteiger partial charge in [-0.25, -0.2) is 0 Å². The third kappa shape index (κ3) is 2.41. The molecule has 0 bridgehead atoms. The van der Waals surface area contributed by atoms with Crippen LogP contribution in [-0.4, -0.2) is 0 Å². The monoisotopic (exact) mass is 190 g/mol. The highest BCUT2D eigenvalue weighted by Crippen LogP contribution is 2.50. The van der Waals surface area contributed by atoms with Gasteiger partial charge in [0.05, 0.1) is 0 Å². The molecule has 14 heavy (non-hydrogen) atoms. The average Bonchev–Trinajstić information content (AvgIpc) is 2.11. The van der Waals surface area contributed by atoms with E-state index in [1.54, 1.807) is 0 Å². The van der Waals surface area contributed by atoms with Crippen molar-refractivity contribution in [3.05, 3.63) is 12.2 Å². The molecule has 78 valence electrons. The molecule has 0 nitrogen and oxygen atoms in total. The van der Waals surface area contributed by atoms with Gasteiger partial charge >= 0.3 is 0 Å². The van der Waals surface area contributed by atoms with Crippen LogP contribution < -0.4 is 0 Å². The van der Waals surface area contributed by atoms with E-state index in [4.69, 9.17) is 0 Å². The van der Waals surface area contributed by atoms with Gasteiger partial charge in [0.25, 0.3) is 0 Å². The number of rotatable bonds is 2. The molecule has 1 saturated carbocycles. The first kappa shape index (κ1) is 11.4. The van der Waals surface area contributed by atoms with Crippen molar-refractivity contribution in [2.45, 2.75) is 47.0 Å². The third-order valence-corrected chi connectivity index (χ3v) is 3.46. The molecule has 0 saturated heterocycles. The topological polar surface area (TPSA) is 0 Å². The van der Waals surface area contributed by atoms with E-state index in [1.165, 1.54) is 12.8 Å². The molecule has 1 atom stereocenters. The number of allylic oxidation sites excluding steroid dienone is 2. The van der Waals surface area contributed by atoms with Gasteiger partial charge in [-0.2, -0.15) is 0 Å². The fourth-order valence-corrected chi connectivity index (χ4v) is 2.33. The summed E-state index contributed by atoms with van der Waals surface area (Å²) in [4.78, 5) is 0. The second-order valence-corrected chi connectivity index (χ2v) is 4.74. The lowest BCUT2D eigenvalue weighted by Crippen LogP contribution is -2.38. The van der Waals surface area contributed by atoms with Crippen molar-refractivity contribution >= 4 is 0 Å². The Morgan fingerprint density at radius 3 is 2.64 bits per heavy atom. The van der Waals surface area contributed by atoms with Gasteiger partial charge in [0.1, 0.15) is 0 Å². The summed E-state index contributed by atoms with van der Waals surface area (Å²) in [5.41, 5.74) is 0.479. The van der Waals surface area contributed by atoms with E-state index in [9.17, 15) is 0 Å². The van der Waals surface area contributed by atoms with Crippen molar-refractivity contribution in [3.63, 3.8) is 0 Å². The van der Waals surface area contributed by atoms with E-state index in [0.29, 0.717) is 11.3 Å². The molecule has 0 amide bonds. The maximum atomic E-state index is 3.36. The zero-order valence-electron chi connectivity index (χ0n) is 9.93. The Morgan fingerprint density at radius 2 is 2.14 bits per heavy atom. The smallest absolute Gasteiger partial charge is 0.0228 e. The molecule has 0 N–H and O–H groups in total. The molecule has 1 fully saturated rings. The van der Waals surface area contributed by atoms with E-state index >= 15 is 0 Å². The average molecular weight is 190 g/mol. The SMILES string of the molecule is CC=CC1CC(C)(C(C)C#CCC)C1. The third-order valence-electron chi connectivity index (χ3n) is 3.46. The predicted octanol–water partition coefficient (Wildman–Crippen LogP) is 4.03. The Bertz CT molecular complexity index is 255. The van der Waals surface area contributed by atoms with Crippen molar-refractivity contribution in [3.8, 4) is 11.8 Å². The molecule has 0 aromatic carbocycles. The summed E-state index contributed by atoms with van der Waals surface area (Å²) in [7, 11) is 0. The van der Waals surface area contributed by atoms with Gasteiger partial charge in [-0.3, -0.25) is 0 Å². The van der Waals surface area contributed by atoms with Gasteiger partial charge < -0.3 is 0 Å². The molecule has 0 heteroatoms. The minimum atomic E-state index is 0.479. The summed E-state index contributed by atoms with van der Waals surface area (Å²) in [5.74, 6) is 7.94. The minimum absolute atomic E-state index is 0.479. The standard InChI is InChI=1S/C14H22/c1-5-7-9-12(3)14(4)10-13(11-14)8-6-2/h6,8,12-13H,5,10-11H2,1-4H3. The Balaban J connectivity index is 2.46. The molecule has 0 aromatic rings. The molecule has 1 aliphatic carbocycles. The lowest BCUT2D eigenvalue weighted by molar-refractivity contribution is 0.0679. The first-order valence-electron chi connectivity index (χ1n) is 5.73. The number of hydrogen-bond acceptors (Lipinski definition) is 0. The highest BCUT2D eigenvalue weighted by Gasteiger charge is 2.42. The fraction of sp³-hybridized carbons (Fsp3) is 0.714. The normalized spacial score (nSPS) is 33.3. The van der Waals surface area contributed by atoms with Crippen LogP contribution in [0.4, 0.5) is 0 Å². The zero-order chi connectivity index (χ0) is 10.6. The molecule has 0 heterocycles. The van der Waals surface area contributed by atoms with Gasteiger partial charge in [-0.05, 0) is 31.1 Å². The van der Waals surface area contributed by atoms with Gasteiger partial charge in [-0.1, -0.05) is 38.8 Å². The summed E-state index contributed by atoms with van der Waals surface area (Å²) in [6.45, 7) is 8.87. The highest BCUT2D eigenvalue weighted by molar-refractivity contribution is 5.12. The van der Waals surface area contributed by atoms with Gasteiger partial charge in [0.15, 0.2) is 0 Å². The molecule has 0 aliphatic heterocycles. The van der Waals surface area contributed by atoms with Gasteiger partial charge in [0, 0.05) is 12.3 Å². The summed E-state index contributed by atoms with van der Waals surface area (Å²) in [6, 6.07) is 0. The van der Waals surface area contributed by atoms with Crippen LogP contribution in [0.25, 0.3) is 0 Å². The van der Waals surface area contributed by atoms with Crippen molar-refractivity contribution in [1.29, 1.82) is 0 Å². The second-order valence-electron chi connectivity index (χ2n) is 4.74. The second kappa shape index (κ2) is 4.69. The quantitative estimate of drug-likeness (QED) is 0.455. The fourth-order valence-electron chi connectivity index (χ4n) is 2.33. The van der Waals surface area contributed by atoms with Gasteiger partial charge in [0.2, 0.25) is 0 Å². The van der Waals surface area contributed by atoms with Crippen LogP contribution in [-0.2, 0) is 0 Å². The van der Waals surface area contributed by atoms with Crippen LogP contribution >= 0.6 is 0 Å². The largest absolute Gasteiger partial charge is 0.103 e. The highest BCUT2D eigenvalue weighted by atomic mass is 14.5. The van der Waals surface area contributed by atoms with Crippen molar-refractivity contribution in [1.82, 2.24) is 0 Å². The van der Waals surface area contributed by atoms with E-state index in [0.717, 1.165) is 12.3 Å². The molecule has 0 aromatic heterocycles. The Kier molecular flexibility index (Phi) is 3.81. The van der Waals surface area contributed by atoms with Crippen molar-refractivity contribution in [2.24, 2.45) is 17.3 Å². The van der Waals surface area contributed by atoms with Crippen molar-refractivity contribution < 1.29 is 0 Å². The van der Waals surface area contributed by atoms with E-state index < -0.39 is 0 Å². The first-order chi connectivity index (χ1) is 6.62. The molecular formula is C14H22. The van der Waals surface area contributed by atoms with E-state index in [2.05, 4.69) is 51.7 Å². The molecule has 1 unspecified atom stereocenters. The Hall–Kier alpha value is -0.700. The van der Waals surface area contributed by atoms with Crippen LogP contribution in [0.1, 0.15) is 47.0 Å².